The lowest BCUT2D eigenvalue weighted by Crippen LogP contribution is -2.08. The lowest BCUT2D eigenvalue weighted by Gasteiger charge is -2.13. The molecule has 1 aliphatic carbocycles. The molecule has 1 saturated carbocycles. The van der Waals surface area contributed by atoms with E-state index in [9.17, 15) is 0 Å². The fraction of sp³-hybridized carbons (Fsp3) is 0.667. The Bertz CT molecular complexity index is 412. The second-order valence-corrected chi connectivity index (χ2v) is 5.59. The summed E-state index contributed by atoms with van der Waals surface area (Å²) in [5.74, 6) is 0.709. The Morgan fingerprint density at radius 1 is 1.41 bits per heavy atom. The highest BCUT2D eigenvalue weighted by Gasteiger charge is 2.27. The zero-order valence-electron chi connectivity index (χ0n) is 9.82. The lowest BCUT2D eigenvalue weighted by atomic mass is 10.1. The molecule has 0 amide bonds. The predicted octanol–water partition coefficient (Wildman–Crippen LogP) is 2.56. The van der Waals surface area contributed by atoms with Crippen LogP contribution in [0.3, 0.4) is 0 Å². The standard InChI is InChI=1S/C12H17N3OS/c1-2-10(1)11-14-15-12(17-11)13-6-3-9-4-7-16-8-5-9/h4,10H,1-3,5-8H2,(H,13,15). The van der Waals surface area contributed by atoms with E-state index in [1.54, 1.807) is 11.3 Å². The molecule has 0 radical (unpaired) electrons. The summed E-state index contributed by atoms with van der Waals surface area (Å²) in [6.45, 7) is 2.60. The zero-order valence-corrected chi connectivity index (χ0v) is 10.6. The zero-order chi connectivity index (χ0) is 11.5. The van der Waals surface area contributed by atoms with Crippen LogP contribution < -0.4 is 5.32 Å². The first-order valence-corrected chi connectivity index (χ1v) is 7.06. The molecule has 1 aromatic heterocycles. The number of hydrogen-bond acceptors (Lipinski definition) is 5. The smallest absolute Gasteiger partial charge is 0.205 e. The van der Waals surface area contributed by atoms with Crippen molar-refractivity contribution in [1.29, 1.82) is 0 Å². The lowest BCUT2D eigenvalue weighted by molar-refractivity contribution is 0.153. The maximum absolute atomic E-state index is 5.28. The van der Waals surface area contributed by atoms with Gasteiger partial charge in [-0.3, -0.25) is 0 Å². The van der Waals surface area contributed by atoms with Crippen molar-refractivity contribution >= 4 is 16.5 Å². The van der Waals surface area contributed by atoms with Gasteiger partial charge in [-0.2, -0.15) is 0 Å². The average Bonchev–Trinajstić information content (AvgIpc) is 3.11. The molecule has 17 heavy (non-hydrogen) atoms. The summed E-state index contributed by atoms with van der Waals surface area (Å²) >= 11 is 1.71. The molecular weight excluding hydrogens is 234 g/mol. The Labute approximate surface area is 105 Å². The van der Waals surface area contributed by atoms with Crippen molar-refractivity contribution in [3.05, 3.63) is 16.7 Å². The van der Waals surface area contributed by atoms with Crippen LogP contribution in [0.4, 0.5) is 5.13 Å². The SMILES string of the molecule is C1=C(CCNc2nnc(C3CC3)s2)CCOC1. The van der Waals surface area contributed by atoms with E-state index in [0.717, 1.165) is 37.7 Å². The summed E-state index contributed by atoms with van der Waals surface area (Å²) in [7, 11) is 0. The second-order valence-electron chi connectivity index (χ2n) is 4.58. The van der Waals surface area contributed by atoms with Crippen LogP contribution in [0, 0.1) is 0 Å². The predicted molar refractivity (Wildman–Crippen MR) is 68.5 cm³/mol. The topological polar surface area (TPSA) is 47.0 Å². The Morgan fingerprint density at radius 3 is 3.12 bits per heavy atom. The molecule has 0 saturated heterocycles. The molecule has 2 heterocycles. The number of anilines is 1. The molecule has 1 fully saturated rings. The van der Waals surface area contributed by atoms with Gasteiger partial charge in [-0.05, 0) is 25.7 Å². The highest BCUT2D eigenvalue weighted by atomic mass is 32.1. The third-order valence-corrected chi connectivity index (χ3v) is 4.19. The van der Waals surface area contributed by atoms with Gasteiger partial charge in [0.15, 0.2) is 0 Å². The average molecular weight is 251 g/mol. The summed E-state index contributed by atoms with van der Waals surface area (Å²) in [4.78, 5) is 0. The number of nitrogens with one attached hydrogen (secondary N) is 1. The molecule has 3 rings (SSSR count). The summed E-state index contributed by atoms with van der Waals surface area (Å²) in [6, 6.07) is 0. The molecule has 1 N–H and O–H groups in total. The molecule has 92 valence electrons. The molecule has 0 bridgehead atoms. The molecule has 2 aliphatic rings. The van der Waals surface area contributed by atoms with Gasteiger partial charge in [0.05, 0.1) is 13.2 Å². The van der Waals surface area contributed by atoms with Crippen LogP contribution in [0.5, 0.6) is 0 Å². The highest BCUT2D eigenvalue weighted by molar-refractivity contribution is 7.15. The number of ether oxygens (including phenoxy) is 1. The third kappa shape index (κ3) is 3.04. The maximum atomic E-state index is 5.28. The monoisotopic (exact) mass is 251 g/mol. The molecule has 5 heteroatoms. The summed E-state index contributed by atoms with van der Waals surface area (Å²) in [5, 5.41) is 13.9. The van der Waals surface area contributed by atoms with E-state index in [1.807, 2.05) is 0 Å². The molecule has 1 aromatic rings. The molecule has 0 spiro atoms. The van der Waals surface area contributed by atoms with Crippen LogP contribution in [0.25, 0.3) is 0 Å². The van der Waals surface area contributed by atoms with Gasteiger partial charge in [-0.25, -0.2) is 0 Å². The number of nitrogens with zero attached hydrogens (tertiary/aromatic N) is 2. The van der Waals surface area contributed by atoms with E-state index >= 15 is 0 Å². The normalized spacial score (nSPS) is 20.1. The minimum atomic E-state index is 0.709. The third-order valence-electron chi connectivity index (χ3n) is 3.15. The van der Waals surface area contributed by atoms with Crippen LogP contribution in [-0.4, -0.2) is 30.0 Å². The Morgan fingerprint density at radius 2 is 2.35 bits per heavy atom. The molecule has 4 nitrogen and oxygen atoms in total. The maximum Gasteiger partial charge on any atom is 0.205 e. The van der Waals surface area contributed by atoms with Gasteiger partial charge in [-0.1, -0.05) is 23.0 Å². The first-order valence-electron chi connectivity index (χ1n) is 6.25. The van der Waals surface area contributed by atoms with Crippen molar-refractivity contribution in [1.82, 2.24) is 10.2 Å². The van der Waals surface area contributed by atoms with Crippen molar-refractivity contribution in [3.8, 4) is 0 Å². The second kappa shape index (κ2) is 5.14. The minimum Gasteiger partial charge on any atom is -0.377 e. The Balaban J connectivity index is 1.45. The molecular formula is C12H17N3OS. The fourth-order valence-electron chi connectivity index (χ4n) is 1.92. The summed E-state index contributed by atoms with van der Waals surface area (Å²) in [6.07, 6.45) is 6.94. The largest absolute Gasteiger partial charge is 0.377 e. The van der Waals surface area contributed by atoms with Crippen molar-refractivity contribution in [2.45, 2.75) is 31.6 Å². The van der Waals surface area contributed by atoms with Crippen LogP contribution in [0.15, 0.2) is 11.6 Å². The van der Waals surface area contributed by atoms with Gasteiger partial charge < -0.3 is 10.1 Å². The van der Waals surface area contributed by atoms with Crippen molar-refractivity contribution in [3.63, 3.8) is 0 Å². The van der Waals surface area contributed by atoms with E-state index in [-0.39, 0.29) is 0 Å². The number of hydrogen-bond donors (Lipinski definition) is 1. The van der Waals surface area contributed by atoms with E-state index in [1.165, 1.54) is 23.4 Å². The van der Waals surface area contributed by atoms with E-state index in [0.29, 0.717) is 5.92 Å². The van der Waals surface area contributed by atoms with E-state index in [2.05, 4.69) is 21.6 Å². The quantitative estimate of drug-likeness (QED) is 0.817. The van der Waals surface area contributed by atoms with Gasteiger partial charge in [0, 0.05) is 12.5 Å². The first-order chi connectivity index (χ1) is 8.42. The Hall–Kier alpha value is -0.940. The molecule has 0 unspecified atom stereocenters. The fourth-order valence-corrected chi connectivity index (χ4v) is 2.86. The van der Waals surface area contributed by atoms with Gasteiger partial charge in [0.25, 0.3) is 0 Å². The molecule has 1 aliphatic heterocycles. The van der Waals surface area contributed by atoms with Crippen LogP contribution in [-0.2, 0) is 4.74 Å². The van der Waals surface area contributed by atoms with E-state index in [4.69, 9.17) is 4.74 Å². The first kappa shape index (κ1) is 11.2. The minimum absolute atomic E-state index is 0.709. The van der Waals surface area contributed by atoms with Crippen molar-refractivity contribution < 1.29 is 4.74 Å². The number of rotatable bonds is 5. The highest BCUT2D eigenvalue weighted by Crippen LogP contribution is 2.41. The van der Waals surface area contributed by atoms with Crippen molar-refractivity contribution in [2.75, 3.05) is 25.1 Å². The molecule has 0 aromatic carbocycles. The van der Waals surface area contributed by atoms with Crippen LogP contribution >= 0.6 is 11.3 Å². The van der Waals surface area contributed by atoms with Gasteiger partial charge >= 0.3 is 0 Å². The summed E-state index contributed by atoms with van der Waals surface area (Å²) < 4.78 is 5.28. The van der Waals surface area contributed by atoms with Gasteiger partial charge in [0.2, 0.25) is 5.13 Å². The van der Waals surface area contributed by atoms with Crippen LogP contribution in [0.1, 0.15) is 36.6 Å². The summed E-state index contributed by atoms with van der Waals surface area (Å²) in [5.41, 5.74) is 1.50. The van der Waals surface area contributed by atoms with Gasteiger partial charge in [-0.15, -0.1) is 10.2 Å². The van der Waals surface area contributed by atoms with Gasteiger partial charge in [0.1, 0.15) is 5.01 Å². The van der Waals surface area contributed by atoms with E-state index < -0.39 is 0 Å². The molecule has 0 atom stereocenters. The van der Waals surface area contributed by atoms with Crippen LogP contribution in [0.2, 0.25) is 0 Å². The number of aromatic nitrogens is 2. The Kier molecular flexibility index (Phi) is 3.38. The van der Waals surface area contributed by atoms with Crippen molar-refractivity contribution in [2.24, 2.45) is 0 Å².